The van der Waals surface area contributed by atoms with Crippen molar-refractivity contribution in [3.63, 3.8) is 0 Å². The second-order valence-corrected chi connectivity index (χ2v) is 10.3. The molecule has 0 bridgehead atoms. The van der Waals surface area contributed by atoms with E-state index in [0.717, 1.165) is 16.1 Å². The fourth-order valence-electron chi connectivity index (χ4n) is 3.52. The summed E-state index contributed by atoms with van der Waals surface area (Å²) in [6, 6.07) is -2.81. The largest absolute Gasteiger partial charge is 0.478 e. The zero-order chi connectivity index (χ0) is 27.1. The minimum Gasteiger partial charge on any atom is -0.478 e. The van der Waals surface area contributed by atoms with Crippen LogP contribution < -0.4 is 22.5 Å². The quantitative estimate of drug-likeness (QED) is 0.0684. The van der Waals surface area contributed by atoms with Crippen molar-refractivity contribution in [1.82, 2.24) is 29.6 Å². The first-order valence-electron chi connectivity index (χ1n) is 10.6. The van der Waals surface area contributed by atoms with Crippen LogP contribution in [-0.2, 0) is 49.2 Å². The van der Waals surface area contributed by atoms with Crippen LogP contribution in [0.15, 0.2) is 10.5 Å². The topological polar surface area (TPSA) is 284 Å². The lowest BCUT2D eigenvalue weighted by Crippen LogP contribution is -2.73. The number of anilines is 1. The first-order chi connectivity index (χ1) is 17.4. The van der Waals surface area contributed by atoms with Gasteiger partial charge in [0.2, 0.25) is 5.60 Å². The molecule has 1 saturated carbocycles. The lowest BCUT2D eigenvalue weighted by atomic mass is 9.98. The smallest absolute Gasteiger partial charge is 0.362 e. The van der Waals surface area contributed by atoms with Crippen molar-refractivity contribution in [2.24, 2.45) is 16.6 Å². The van der Waals surface area contributed by atoms with Crippen LogP contribution in [0.25, 0.3) is 0 Å². The van der Waals surface area contributed by atoms with Gasteiger partial charge in [0.05, 0.1) is 6.54 Å². The minimum absolute atomic E-state index is 0.00720. The van der Waals surface area contributed by atoms with E-state index >= 15 is 0 Å². The van der Waals surface area contributed by atoms with E-state index in [1.54, 1.807) is 0 Å². The van der Waals surface area contributed by atoms with Gasteiger partial charge in [-0.25, -0.2) is 14.1 Å². The Balaban J connectivity index is 1.60. The van der Waals surface area contributed by atoms with Crippen LogP contribution in [0.4, 0.5) is 5.13 Å². The zero-order valence-corrected chi connectivity index (χ0v) is 20.5. The average Bonchev–Trinajstić information content (AvgIpc) is 3.34. The number of hydrogen-bond donors (Lipinski definition) is 6. The predicted octanol–water partition coefficient (Wildman–Crippen LogP) is -3.23. The third-order valence-electron chi connectivity index (χ3n) is 5.63. The predicted molar refractivity (Wildman–Crippen MR) is 124 cm³/mol. The van der Waals surface area contributed by atoms with Crippen LogP contribution in [0.1, 0.15) is 29.9 Å². The highest BCUT2D eigenvalue weighted by Crippen LogP contribution is 2.40. The molecule has 3 heterocycles. The second-order valence-electron chi connectivity index (χ2n) is 8.09. The van der Waals surface area contributed by atoms with Crippen molar-refractivity contribution in [2.45, 2.75) is 50.2 Å². The maximum atomic E-state index is 13.1. The standard InChI is InChI=1S/C17H22N10O8S2/c18-3-7-8(4-19)24-26(23-7)5-10-12(14(29)27(10)37(32,33)34)22-13(28)11(9-6-36-16(20)21-9)25-35-17(1-2-17)15(30)31/h6,10,12H,1-5,18-19H2,(H2,20,21)(H,22,28)(H,30,31)(H,32,33,34)/b25-11-/t10-,12?/m0/s1. The monoisotopic (exact) mass is 558 g/mol. The Kier molecular flexibility index (Phi) is 6.85. The number of nitrogens with two attached hydrogens (primary N) is 3. The lowest BCUT2D eigenvalue weighted by molar-refractivity contribution is -0.153. The van der Waals surface area contributed by atoms with E-state index in [-0.39, 0.29) is 47.6 Å². The number of rotatable bonds is 11. The van der Waals surface area contributed by atoms with Crippen molar-refractivity contribution < 1.29 is 37.3 Å². The van der Waals surface area contributed by atoms with Gasteiger partial charge in [-0.05, 0) is 0 Å². The molecule has 4 rings (SSSR count). The van der Waals surface area contributed by atoms with Gasteiger partial charge in [-0.2, -0.15) is 23.4 Å². The molecule has 37 heavy (non-hydrogen) atoms. The van der Waals surface area contributed by atoms with Crippen molar-refractivity contribution in [3.8, 4) is 0 Å². The van der Waals surface area contributed by atoms with Crippen LogP contribution in [0.5, 0.6) is 0 Å². The number of hydrogen-bond acceptors (Lipinski definition) is 14. The third kappa shape index (κ3) is 5.09. The molecule has 18 nitrogen and oxygen atoms in total. The summed E-state index contributed by atoms with van der Waals surface area (Å²) in [5.41, 5.74) is 15.4. The Hall–Kier alpha value is -3.72. The SMILES string of the molecule is NCc1nn(C[C@H]2C(NC(=O)/C(=N\OC3(C(=O)O)CC3)c3csc(N)n3)C(=O)N2S(=O)(=O)O)nc1CN. The van der Waals surface area contributed by atoms with Crippen LogP contribution in [-0.4, -0.2) is 83.5 Å². The molecule has 2 aromatic rings. The molecule has 200 valence electrons. The van der Waals surface area contributed by atoms with Gasteiger partial charge in [-0.15, -0.1) is 11.3 Å². The van der Waals surface area contributed by atoms with E-state index < -0.39 is 51.5 Å². The molecule has 1 unspecified atom stereocenters. The number of β-lactam (4-membered cyclic amide) rings is 1. The molecule has 2 fully saturated rings. The summed E-state index contributed by atoms with van der Waals surface area (Å²) in [4.78, 5) is 47.2. The highest BCUT2D eigenvalue weighted by molar-refractivity contribution is 7.84. The zero-order valence-electron chi connectivity index (χ0n) is 18.8. The molecule has 2 aromatic heterocycles. The van der Waals surface area contributed by atoms with Crippen molar-refractivity contribution in [2.75, 3.05) is 5.73 Å². The maximum Gasteiger partial charge on any atom is 0.362 e. The number of thiazole rings is 1. The summed E-state index contributed by atoms with van der Waals surface area (Å²) in [7, 11) is -5.00. The molecule has 20 heteroatoms. The summed E-state index contributed by atoms with van der Waals surface area (Å²) in [5, 5.41) is 24.9. The van der Waals surface area contributed by atoms with Gasteiger partial charge in [-0.1, -0.05) is 5.16 Å². The molecule has 9 N–H and O–H groups in total. The maximum absolute atomic E-state index is 13.1. The Labute approximate surface area is 212 Å². The third-order valence-corrected chi connectivity index (χ3v) is 7.25. The first-order valence-corrected chi connectivity index (χ1v) is 12.8. The van der Waals surface area contributed by atoms with Gasteiger partial charge in [-0.3, -0.25) is 14.1 Å². The summed E-state index contributed by atoms with van der Waals surface area (Å²) in [5.74, 6) is -3.45. The molecule has 0 aromatic carbocycles. The highest BCUT2D eigenvalue weighted by atomic mass is 32.2. The van der Waals surface area contributed by atoms with Crippen molar-refractivity contribution >= 4 is 50.3 Å². The number of nitrogens with one attached hydrogen (secondary N) is 1. The van der Waals surface area contributed by atoms with E-state index in [1.165, 1.54) is 5.38 Å². The normalized spacial score (nSPS) is 20.9. The first kappa shape index (κ1) is 26.3. The Morgan fingerprint density at radius 3 is 2.35 bits per heavy atom. The van der Waals surface area contributed by atoms with E-state index in [1.807, 2.05) is 0 Å². The summed E-state index contributed by atoms with van der Waals surface area (Å²) >= 11 is 0.965. The number of carbonyl (C=O) groups is 3. The van der Waals surface area contributed by atoms with E-state index in [9.17, 15) is 32.5 Å². The molecular formula is C17H22N10O8S2. The van der Waals surface area contributed by atoms with Gasteiger partial charge in [0.1, 0.15) is 29.2 Å². The van der Waals surface area contributed by atoms with Gasteiger partial charge >= 0.3 is 16.3 Å². The minimum atomic E-state index is -5.00. The summed E-state index contributed by atoms with van der Waals surface area (Å²) in [6.45, 7) is -0.377. The molecule has 2 atom stereocenters. The van der Waals surface area contributed by atoms with E-state index in [4.69, 9.17) is 22.0 Å². The number of nitrogen functional groups attached to an aromatic ring is 1. The van der Waals surface area contributed by atoms with Crippen LogP contribution in [0.3, 0.4) is 0 Å². The molecule has 1 aliphatic carbocycles. The summed E-state index contributed by atoms with van der Waals surface area (Å²) in [6.07, 6.45) is 0.331. The van der Waals surface area contributed by atoms with Gasteiger partial charge in [0, 0.05) is 31.3 Å². The molecular weight excluding hydrogens is 536 g/mol. The van der Waals surface area contributed by atoms with Crippen LogP contribution >= 0.6 is 11.3 Å². The number of carboxylic acids is 1. The molecule has 1 aliphatic heterocycles. The number of carbonyl (C=O) groups excluding carboxylic acids is 2. The number of amides is 2. The van der Waals surface area contributed by atoms with Gasteiger partial charge < -0.3 is 32.5 Å². The van der Waals surface area contributed by atoms with Gasteiger partial charge in [0.25, 0.3) is 11.8 Å². The van der Waals surface area contributed by atoms with Crippen LogP contribution in [0, 0.1) is 0 Å². The molecule has 2 aliphatic rings. The number of aromatic nitrogens is 4. The molecule has 1 saturated heterocycles. The van der Waals surface area contributed by atoms with E-state index in [0.29, 0.717) is 11.4 Å². The highest BCUT2D eigenvalue weighted by Gasteiger charge is 2.56. The van der Waals surface area contributed by atoms with Crippen LogP contribution in [0.2, 0.25) is 0 Å². The fraction of sp³-hybridized carbons (Fsp3) is 0.471. The number of aliphatic carboxylic acids is 1. The Morgan fingerprint density at radius 1 is 1.27 bits per heavy atom. The molecule has 0 spiro atoms. The molecule has 0 radical (unpaired) electrons. The Bertz CT molecular complexity index is 1360. The van der Waals surface area contributed by atoms with E-state index in [2.05, 4.69) is 25.7 Å². The fourth-order valence-corrected chi connectivity index (χ4v) is 4.94. The lowest BCUT2D eigenvalue weighted by Gasteiger charge is -2.43. The second kappa shape index (κ2) is 9.63. The number of oxime groups is 1. The number of carboxylic acid groups (broad SMARTS) is 1. The van der Waals surface area contributed by atoms with Crippen molar-refractivity contribution in [1.29, 1.82) is 0 Å². The molecule has 2 amide bonds. The van der Waals surface area contributed by atoms with Gasteiger partial charge in [0.15, 0.2) is 10.8 Å². The summed E-state index contributed by atoms with van der Waals surface area (Å²) < 4.78 is 33.3. The average molecular weight is 559 g/mol. The number of nitrogens with zero attached hydrogens (tertiary/aromatic N) is 6. The Morgan fingerprint density at radius 2 is 1.89 bits per heavy atom. The van der Waals surface area contributed by atoms with Crippen molar-refractivity contribution in [3.05, 3.63) is 22.5 Å².